The number of ether oxygens (including phenoxy) is 1. The highest BCUT2D eigenvalue weighted by atomic mass is 19.4. The Hall–Kier alpha value is -3.75. The summed E-state index contributed by atoms with van der Waals surface area (Å²) >= 11 is 0. The van der Waals surface area contributed by atoms with Crippen LogP contribution in [0.4, 0.5) is 18.9 Å². The first-order valence-electron chi connectivity index (χ1n) is 11.9. The highest BCUT2D eigenvalue weighted by Crippen LogP contribution is 2.33. The number of H-pyrrole nitrogens is 1. The number of nitrogens with zero attached hydrogens (tertiary/aromatic N) is 4. The number of carbonyl (C=O) groups excluding carboxylic acids is 1. The van der Waals surface area contributed by atoms with Crippen molar-refractivity contribution in [1.82, 2.24) is 24.3 Å². The van der Waals surface area contributed by atoms with Gasteiger partial charge in [-0.2, -0.15) is 13.2 Å². The Kier molecular flexibility index (Phi) is 8.21. The second-order valence-electron chi connectivity index (χ2n) is 8.97. The first-order chi connectivity index (χ1) is 17.7. The van der Waals surface area contributed by atoms with E-state index < -0.39 is 17.8 Å². The molecule has 2 aromatic heterocycles. The summed E-state index contributed by atoms with van der Waals surface area (Å²) in [6.45, 7) is 5.40. The van der Waals surface area contributed by atoms with E-state index in [-0.39, 0.29) is 5.82 Å². The summed E-state index contributed by atoms with van der Waals surface area (Å²) in [6, 6.07) is 6.52. The van der Waals surface area contributed by atoms with Crippen LogP contribution in [0.5, 0.6) is 5.75 Å². The lowest BCUT2D eigenvalue weighted by Gasteiger charge is -2.32. The Labute approximate surface area is 213 Å². The number of likely N-dealkylation sites (N-methyl/N-ethyl adjacent to an activating group) is 1. The average Bonchev–Trinajstić information content (AvgIpc) is 3.52. The van der Waals surface area contributed by atoms with Gasteiger partial charge in [0, 0.05) is 69.2 Å². The maximum absolute atomic E-state index is 13.0. The number of hydrogen-bond donors (Lipinski definition) is 2. The Morgan fingerprint density at radius 1 is 1.19 bits per heavy atom. The van der Waals surface area contributed by atoms with Crippen molar-refractivity contribution in [2.24, 2.45) is 7.05 Å². The number of rotatable bonds is 7. The lowest BCUT2D eigenvalue weighted by atomic mass is 10.1. The Balaban J connectivity index is 1.47. The van der Waals surface area contributed by atoms with E-state index in [1.165, 1.54) is 6.07 Å². The van der Waals surface area contributed by atoms with Crippen LogP contribution in [-0.4, -0.2) is 76.6 Å². The van der Waals surface area contributed by atoms with Gasteiger partial charge in [-0.3, -0.25) is 4.79 Å². The largest absolute Gasteiger partial charge is 0.491 e. The van der Waals surface area contributed by atoms with Crippen molar-refractivity contribution < 1.29 is 22.7 Å². The van der Waals surface area contributed by atoms with Gasteiger partial charge in [-0.05, 0) is 37.7 Å². The zero-order valence-corrected chi connectivity index (χ0v) is 20.7. The third-order valence-corrected chi connectivity index (χ3v) is 6.01. The molecule has 0 unspecified atom stereocenters. The topological polar surface area (TPSA) is 78.4 Å². The van der Waals surface area contributed by atoms with E-state index in [1.807, 2.05) is 17.8 Å². The smallest absolute Gasteiger partial charge is 0.432 e. The maximum Gasteiger partial charge on any atom is 0.432 e. The van der Waals surface area contributed by atoms with Crippen molar-refractivity contribution in [2.45, 2.75) is 12.6 Å². The fourth-order valence-electron chi connectivity index (χ4n) is 3.91. The number of aromatic nitrogens is 3. The quantitative estimate of drug-likeness (QED) is 0.373. The van der Waals surface area contributed by atoms with Crippen LogP contribution in [-0.2, 0) is 18.0 Å². The van der Waals surface area contributed by atoms with Gasteiger partial charge < -0.3 is 29.4 Å². The summed E-state index contributed by atoms with van der Waals surface area (Å²) < 4.78 is 46.8. The summed E-state index contributed by atoms with van der Waals surface area (Å²) in [7, 11) is 3.96. The van der Waals surface area contributed by atoms with Gasteiger partial charge in [0.2, 0.25) is 0 Å². The number of nitrogens with one attached hydrogen (secondary N) is 2. The van der Waals surface area contributed by atoms with Gasteiger partial charge in [-0.1, -0.05) is 5.92 Å². The van der Waals surface area contributed by atoms with Crippen molar-refractivity contribution in [1.29, 1.82) is 0 Å². The second kappa shape index (κ2) is 11.5. The minimum absolute atomic E-state index is 0.0276. The summed E-state index contributed by atoms with van der Waals surface area (Å²) in [6.07, 6.45) is 0.590. The van der Waals surface area contributed by atoms with Crippen LogP contribution in [0.1, 0.15) is 17.7 Å². The molecule has 0 aliphatic carbocycles. The number of halogens is 3. The molecule has 3 aromatic rings. The molecule has 2 N–H and O–H groups in total. The van der Waals surface area contributed by atoms with Crippen molar-refractivity contribution in [2.75, 3.05) is 51.7 Å². The molecule has 1 fully saturated rings. The molecule has 0 saturated carbocycles. The molecule has 1 saturated heterocycles. The van der Waals surface area contributed by atoms with Crippen LogP contribution in [0.15, 0.2) is 42.9 Å². The molecule has 3 heterocycles. The number of aryl methyl sites for hydroxylation is 1. The van der Waals surface area contributed by atoms with Crippen molar-refractivity contribution in [3.63, 3.8) is 0 Å². The fraction of sp³-hybridized carbons (Fsp3) is 0.385. The number of imidazole rings is 1. The van der Waals surface area contributed by atoms with Crippen LogP contribution in [0.2, 0.25) is 0 Å². The minimum Gasteiger partial charge on any atom is -0.491 e. The number of anilines is 1. The molecule has 196 valence electrons. The molecule has 0 atom stereocenters. The van der Waals surface area contributed by atoms with Gasteiger partial charge in [0.1, 0.15) is 17.3 Å². The average molecular weight is 515 g/mol. The van der Waals surface area contributed by atoms with Gasteiger partial charge in [0.15, 0.2) is 0 Å². The van der Waals surface area contributed by atoms with Gasteiger partial charge in [0.05, 0.1) is 18.5 Å². The first kappa shape index (κ1) is 26.3. The molecule has 0 bridgehead atoms. The van der Waals surface area contributed by atoms with Crippen LogP contribution in [0.25, 0.3) is 11.4 Å². The lowest BCUT2D eigenvalue weighted by Crippen LogP contribution is -2.44. The summed E-state index contributed by atoms with van der Waals surface area (Å²) in [5, 5.41) is 2.71. The van der Waals surface area contributed by atoms with E-state index >= 15 is 0 Å². The molecule has 8 nitrogen and oxygen atoms in total. The molecular formula is C26H29F3N6O2. The number of alkyl halides is 3. The predicted molar refractivity (Wildman–Crippen MR) is 134 cm³/mol. The van der Waals surface area contributed by atoms with Crippen LogP contribution < -0.4 is 10.1 Å². The first-order valence-corrected chi connectivity index (χ1v) is 11.9. The molecule has 0 spiro atoms. The number of piperazine rings is 1. The number of amides is 1. The van der Waals surface area contributed by atoms with E-state index in [2.05, 4.69) is 44.0 Å². The third kappa shape index (κ3) is 7.38. The number of hydrogen-bond acceptors (Lipinski definition) is 5. The van der Waals surface area contributed by atoms with Crippen LogP contribution in [0, 0.1) is 11.8 Å². The Bertz CT molecular complexity index is 1280. The van der Waals surface area contributed by atoms with Crippen molar-refractivity contribution in [3.8, 4) is 29.0 Å². The zero-order chi connectivity index (χ0) is 26.4. The molecule has 1 aromatic carbocycles. The van der Waals surface area contributed by atoms with Gasteiger partial charge >= 0.3 is 12.1 Å². The summed E-state index contributed by atoms with van der Waals surface area (Å²) in [5.41, 5.74) is 0.397. The normalized spacial score (nSPS) is 14.7. The molecule has 0 radical (unpaired) electrons. The fourth-order valence-corrected chi connectivity index (χ4v) is 3.91. The molecular weight excluding hydrogens is 485 g/mol. The standard InChI is InChI=1S/C26H29F3N6O2/c1-33-11-13-35(14-12-33)9-3-15-37-22-6-5-20(25-30-17-23(32-25)26(27,28)29)16-21(22)31-24(36)7-4-19-8-10-34(2)18-19/h5-6,8,10,16-18H,3,9,11-15H2,1-2H3,(H,30,32)(H,31,36). The molecule has 4 rings (SSSR count). The summed E-state index contributed by atoms with van der Waals surface area (Å²) in [5.74, 6) is 5.18. The lowest BCUT2D eigenvalue weighted by molar-refractivity contribution is -0.140. The summed E-state index contributed by atoms with van der Waals surface area (Å²) in [4.78, 5) is 23.4. The number of carbonyl (C=O) groups is 1. The molecule has 11 heteroatoms. The SMILES string of the molecule is CN1CCN(CCCOc2ccc(-c3ncc(C(F)(F)F)[nH]3)cc2NC(=O)C#Cc2ccn(C)c2)CC1. The van der Waals surface area contributed by atoms with Crippen molar-refractivity contribution in [3.05, 3.63) is 54.1 Å². The van der Waals surface area contributed by atoms with E-state index in [1.54, 1.807) is 24.4 Å². The third-order valence-electron chi connectivity index (χ3n) is 6.01. The molecule has 1 amide bonds. The Morgan fingerprint density at radius 3 is 2.65 bits per heavy atom. The maximum atomic E-state index is 13.0. The highest BCUT2D eigenvalue weighted by molar-refractivity contribution is 6.05. The molecule has 1 aliphatic rings. The van der Waals surface area contributed by atoms with Crippen LogP contribution in [0.3, 0.4) is 0 Å². The molecule has 37 heavy (non-hydrogen) atoms. The molecule has 1 aliphatic heterocycles. The van der Waals surface area contributed by atoms with Crippen molar-refractivity contribution >= 4 is 11.6 Å². The monoisotopic (exact) mass is 514 g/mol. The highest BCUT2D eigenvalue weighted by Gasteiger charge is 2.33. The van der Waals surface area contributed by atoms with E-state index in [4.69, 9.17) is 4.74 Å². The Morgan fingerprint density at radius 2 is 1.97 bits per heavy atom. The predicted octanol–water partition coefficient (Wildman–Crippen LogP) is 3.44. The van der Waals surface area contributed by atoms with Crippen LogP contribution >= 0.6 is 0 Å². The van der Waals surface area contributed by atoms with Gasteiger partial charge in [-0.15, -0.1) is 0 Å². The van der Waals surface area contributed by atoms with Gasteiger partial charge in [0.25, 0.3) is 0 Å². The van der Waals surface area contributed by atoms with E-state index in [0.717, 1.165) is 45.3 Å². The number of aromatic amines is 1. The second-order valence-corrected chi connectivity index (χ2v) is 8.97. The van der Waals surface area contributed by atoms with Gasteiger partial charge in [-0.25, -0.2) is 4.98 Å². The zero-order valence-electron chi connectivity index (χ0n) is 20.7. The van der Waals surface area contributed by atoms with E-state index in [9.17, 15) is 18.0 Å². The van der Waals surface area contributed by atoms with E-state index in [0.29, 0.717) is 29.2 Å². The minimum atomic E-state index is -4.54. The number of benzene rings is 1.